The lowest BCUT2D eigenvalue weighted by Gasteiger charge is -2.26. The average Bonchev–Trinajstić information content (AvgIpc) is 2.66. The first-order valence-electron chi connectivity index (χ1n) is 7.11. The molecule has 1 fully saturated rings. The number of hydrogen-bond donors (Lipinski definition) is 2. The highest BCUT2D eigenvalue weighted by molar-refractivity contribution is 6.30. The molecule has 0 amide bonds. The number of aromatic nitrogens is 2. The number of aryl methyl sites for hydroxylation is 1. The molecule has 1 aliphatic rings. The Morgan fingerprint density at radius 2 is 2.00 bits per heavy atom. The molecule has 19 heavy (non-hydrogen) atoms. The third-order valence-electron chi connectivity index (χ3n) is 3.91. The van der Waals surface area contributed by atoms with E-state index in [2.05, 4.69) is 24.3 Å². The Labute approximate surface area is 120 Å². The van der Waals surface area contributed by atoms with Crippen LogP contribution in [0.4, 0.5) is 0 Å². The van der Waals surface area contributed by atoms with Gasteiger partial charge in [0.1, 0.15) is 5.15 Å². The highest BCUT2D eigenvalue weighted by atomic mass is 35.5. The minimum absolute atomic E-state index is 0.105. The maximum atomic E-state index is 9.51. The van der Waals surface area contributed by atoms with Crippen LogP contribution in [0.25, 0.3) is 0 Å². The minimum Gasteiger partial charge on any atom is -0.393 e. The average molecular weight is 286 g/mol. The Balaban J connectivity index is 1.99. The lowest BCUT2D eigenvalue weighted by molar-refractivity contribution is 0.116. The minimum atomic E-state index is -0.105. The third-order valence-corrected chi connectivity index (χ3v) is 4.38. The number of rotatable bonds is 4. The van der Waals surface area contributed by atoms with Gasteiger partial charge in [0.25, 0.3) is 0 Å². The van der Waals surface area contributed by atoms with Crippen molar-refractivity contribution in [1.82, 2.24) is 15.1 Å². The van der Waals surface area contributed by atoms with E-state index in [4.69, 9.17) is 11.6 Å². The zero-order chi connectivity index (χ0) is 14.0. The van der Waals surface area contributed by atoms with Crippen LogP contribution in [0.1, 0.15) is 56.7 Å². The highest BCUT2D eigenvalue weighted by Crippen LogP contribution is 2.26. The summed E-state index contributed by atoms with van der Waals surface area (Å²) in [6.45, 7) is 5.04. The molecule has 108 valence electrons. The van der Waals surface area contributed by atoms with Crippen LogP contribution in [0.2, 0.25) is 5.15 Å². The van der Waals surface area contributed by atoms with E-state index in [1.165, 1.54) is 0 Å². The first kappa shape index (κ1) is 14.8. The molecule has 1 aromatic heterocycles. The first-order valence-corrected chi connectivity index (χ1v) is 7.49. The first-order chi connectivity index (χ1) is 8.99. The van der Waals surface area contributed by atoms with Crippen LogP contribution in [-0.2, 0) is 13.6 Å². The topological polar surface area (TPSA) is 50.1 Å². The van der Waals surface area contributed by atoms with Gasteiger partial charge in [0.15, 0.2) is 0 Å². The summed E-state index contributed by atoms with van der Waals surface area (Å²) in [4.78, 5) is 0. The predicted octanol–water partition coefficient (Wildman–Crippen LogP) is 2.59. The van der Waals surface area contributed by atoms with Crippen LogP contribution in [-0.4, -0.2) is 27.0 Å². The molecule has 0 spiro atoms. The Morgan fingerprint density at radius 3 is 2.58 bits per heavy atom. The molecule has 1 aliphatic carbocycles. The summed E-state index contributed by atoms with van der Waals surface area (Å²) < 4.78 is 1.75. The van der Waals surface area contributed by atoms with E-state index in [1.807, 2.05) is 7.05 Å². The molecule has 0 saturated heterocycles. The largest absolute Gasteiger partial charge is 0.393 e. The summed E-state index contributed by atoms with van der Waals surface area (Å²) in [5, 5.41) is 18.3. The molecule has 5 heteroatoms. The van der Waals surface area contributed by atoms with Crippen molar-refractivity contribution in [3.05, 3.63) is 16.4 Å². The summed E-state index contributed by atoms with van der Waals surface area (Å²) in [7, 11) is 1.88. The maximum absolute atomic E-state index is 9.51. The number of nitrogens with one attached hydrogen (secondary N) is 1. The highest BCUT2D eigenvalue weighted by Gasteiger charge is 2.21. The number of hydrogen-bond acceptors (Lipinski definition) is 3. The fraction of sp³-hybridized carbons (Fsp3) is 0.786. The Hall–Kier alpha value is -0.580. The van der Waals surface area contributed by atoms with E-state index in [0.29, 0.717) is 12.0 Å². The van der Waals surface area contributed by atoms with E-state index in [0.717, 1.165) is 48.6 Å². The molecule has 4 nitrogen and oxygen atoms in total. The number of nitrogens with zero attached hydrogens (tertiary/aromatic N) is 2. The van der Waals surface area contributed by atoms with Crippen molar-refractivity contribution in [2.24, 2.45) is 7.05 Å². The van der Waals surface area contributed by atoms with Gasteiger partial charge in [0, 0.05) is 25.2 Å². The second-order valence-electron chi connectivity index (χ2n) is 5.82. The molecule has 1 heterocycles. The van der Waals surface area contributed by atoms with Crippen LogP contribution < -0.4 is 5.32 Å². The standard InChI is InChI=1S/C14H24ClN3O/c1-9(2)13-12(14(15)18(3)17-13)8-16-10-4-6-11(19)7-5-10/h9-11,16,19H,4-8H2,1-3H3. The maximum Gasteiger partial charge on any atom is 0.131 e. The number of aliphatic hydroxyl groups is 1. The quantitative estimate of drug-likeness (QED) is 0.894. The second-order valence-corrected chi connectivity index (χ2v) is 6.18. The van der Waals surface area contributed by atoms with Gasteiger partial charge in [-0.3, -0.25) is 4.68 Å². The smallest absolute Gasteiger partial charge is 0.131 e. The van der Waals surface area contributed by atoms with Crippen LogP contribution in [0, 0.1) is 0 Å². The molecule has 0 bridgehead atoms. The summed E-state index contributed by atoms with van der Waals surface area (Å²) in [6, 6.07) is 0.486. The van der Waals surface area contributed by atoms with Crippen molar-refractivity contribution in [2.75, 3.05) is 0 Å². The monoisotopic (exact) mass is 285 g/mol. The predicted molar refractivity (Wildman–Crippen MR) is 77.4 cm³/mol. The SMILES string of the molecule is CC(C)c1nn(C)c(Cl)c1CNC1CCC(O)CC1. The van der Waals surface area contributed by atoms with Crippen LogP contribution in [0.3, 0.4) is 0 Å². The van der Waals surface area contributed by atoms with Gasteiger partial charge in [0.2, 0.25) is 0 Å². The summed E-state index contributed by atoms with van der Waals surface area (Å²) in [5.41, 5.74) is 2.20. The van der Waals surface area contributed by atoms with Gasteiger partial charge >= 0.3 is 0 Å². The zero-order valence-electron chi connectivity index (χ0n) is 12.0. The number of aliphatic hydroxyl groups excluding tert-OH is 1. The van der Waals surface area contributed by atoms with Crippen molar-refractivity contribution in [3.8, 4) is 0 Å². The molecule has 1 saturated carbocycles. The molecule has 0 aromatic carbocycles. The fourth-order valence-electron chi connectivity index (χ4n) is 2.72. The molecule has 0 unspecified atom stereocenters. The van der Waals surface area contributed by atoms with Gasteiger partial charge in [-0.25, -0.2) is 0 Å². The van der Waals surface area contributed by atoms with Crippen molar-refractivity contribution in [1.29, 1.82) is 0 Å². The van der Waals surface area contributed by atoms with E-state index < -0.39 is 0 Å². The normalized spacial score (nSPS) is 24.1. The molecule has 0 atom stereocenters. The van der Waals surface area contributed by atoms with Crippen molar-refractivity contribution < 1.29 is 5.11 Å². The molecular weight excluding hydrogens is 262 g/mol. The number of halogens is 1. The molecule has 2 rings (SSSR count). The lowest BCUT2D eigenvalue weighted by Crippen LogP contribution is -2.34. The molecule has 0 aliphatic heterocycles. The summed E-state index contributed by atoms with van der Waals surface area (Å²) in [5.74, 6) is 0.378. The molecule has 2 N–H and O–H groups in total. The van der Waals surface area contributed by atoms with Gasteiger partial charge in [-0.2, -0.15) is 5.10 Å². The van der Waals surface area contributed by atoms with Gasteiger partial charge in [0.05, 0.1) is 11.8 Å². The van der Waals surface area contributed by atoms with Gasteiger partial charge < -0.3 is 10.4 Å². The summed E-state index contributed by atoms with van der Waals surface area (Å²) in [6.07, 6.45) is 3.77. The fourth-order valence-corrected chi connectivity index (χ4v) is 2.92. The lowest BCUT2D eigenvalue weighted by atomic mass is 9.93. The van der Waals surface area contributed by atoms with Gasteiger partial charge in [-0.1, -0.05) is 25.4 Å². The van der Waals surface area contributed by atoms with Crippen molar-refractivity contribution >= 4 is 11.6 Å². The second kappa shape index (κ2) is 6.25. The van der Waals surface area contributed by atoms with E-state index in [1.54, 1.807) is 4.68 Å². The van der Waals surface area contributed by atoms with E-state index in [-0.39, 0.29) is 6.10 Å². The summed E-state index contributed by atoms with van der Waals surface area (Å²) >= 11 is 6.32. The molecule has 1 aromatic rings. The Morgan fingerprint density at radius 1 is 1.37 bits per heavy atom. The van der Waals surface area contributed by atoms with Crippen molar-refractivity contribution in [2.45, 2.75) is 64.1 Å². The third kappa shape index (κ3) is 3.50. The van der Waals surface area contributed by atoms with Crippen LogP contribution in [0.5, 0.6) is 0 Å². The molecular formula is C14H24ClN3O. The van der Waals surface area contributed by atoms with E-state index in [9.17, 15) is 5.11 Å². The Bertz CT molecular complexity index is 423. The van der Waals surface area contributed by atoms with Crippen LogP contribution in [0.15, 0.2) is 0 Å². The zero-order valence-corrected chi connectivity index (χ0v) is 12.7. The van der Waals surface area contributed by atoms with Gasteiger partial charge in [-0.15, -0.1) is 0 Å². The van der Waals surface area contributed by atoms with Crippen molar-refractivity contribution in [3.63, 3.8) is 0 Å². The molecule has 0 radical (unpaired) electrons. The van der Waals surface area contributed by atoms with Gasteiger partial charge in [-0.05, 0) is 31.6 Å². The Kier molecular flexibility index (Phi) is 4.87. The van der Waals surface area contributed by atoms with E-state index >= 15 is 0 Å². The van der Waals surface area contributed by atoms with Crippen LogP contribution >= 0.6 is 11.6 Å².